The zero-order valence-electron chi connectivity index (χ0n) is 14.0. The number of halogens is 3. The Bertz CT molecular complexity index is 939. The molecule has 0 fully saturated rings. The summed E-state index contributed by atoms with van der Waals surface area (Å²) in [6.45, 7) is 2.50. The van der Waals surface area contributed by atoms with Gasteiger partial charge in [-0.1, -0.05) is 61.7 Å². The third kappa shape index (κ3) is 5.19. The molecule has 132 valence electrons. The zero-order valence-corrected chi connectivity index (χ0v) is 18.0. The zero-order chi connectivity index (χ0) is 18.5. The molecule has 2 nitrogen and oxygen atoms in total. The van der Waals surface area contributed by atoms with Crippen molar-refractivity contribution in [1.29, 1.82) is 0 Å². The van der Waals surface area contributed by atoms with Gasteiger partial charge in [-0.15, -0.1) is 0 Å². The summed E-state index contributed by atoms with van der Waals surface area (Å²) in [5, 5.41) is 0.670. The van der Waals surface area contributed by atoms with E-state index in [2.05, 4.69) is 36.9 Å². The molecule has 0 aromatic heterocycles. The molecule has 0 heterocycles. The molecule has 0 saturated carbocycles. The summed E-state index contributed by atoms with van der Waals surface area (Å²) in [7, 11) is 0. The van der Waals surface area contributed by atoms with Gasteiger partial charge in [0.1, 0.15) is 12.4 Å². The van der Waals surface area contributed by atoms with E-state index in [9.17, 15) is 0 Å². The minimum atomic E-state index is 0.492. The van der Waals surface area contributed by atoms with E-state index in [1.54, 1.807) is 6.21 Å². The van der Waals surface area contributed by atoms with Crippen LogP contribution in [-0.2, 0) is 6.61 Å². The molecule has 0 spiro atoms. The maximum atomic E-state index is 6.07. The van der Waals surface area contributed by atoms with Crippen LogP contribution in [0, 0.1) is 6.92 Å². The van der Waals surface area contributed by atoms with Crippen LogP contribution in [0.4, 0.5) is 5.69 Å². The summed E-state index contributed by atoms with van der Waals surface area (Å²) in [5.74, 6) is 0.777. The first-order chi connectivity index (χ1) is 12.5. The number of hydrogen-bond donors (Lipinski definition) is 0. The molecule has 3 aromatic rings. The van der Waals surface area contributed by atoms with Crippen LogP contribution < -0.4 is 4.74 Å². The summed E-state index contributed by atoms with van der Waals surface area (Å²) in [4.78, 5) is 4.59. The molecule has 3 aromatic carbocycles. The van der Waals surface area contributed by atoms with Crippen molar-refractivity contribution in [2.45, 2.75) is 13.5 Å². The van der Waals surface area contributed by atoms with Crippen molar-refractivity contribution in [2.24, 2.45) is 4.99 Å². The SMILES string of the molecule is Cc1ccc(Cl)cc1N=Cc1cc(Br)ccc1OCc1ccc(Br)cc1. The summed E-state index contributed by atoms with van der Waals surface area (Å²) >= 11 is 13.0. The Balaban J connectivity index is 1.82. The van der Waals surface area contributed by atoms with E-state index in [4.69, 9.17) is 16.3 Å². The van der Waals surface area contributed by atoms with Gasteiger partial charge in [-0.05, 0) is 60.5 Å². The molecule has 0 amide bonds. The van der Waals surface area contributed by atoms with E-state index in [1.807, 2.05) is 67.6 Å². The van der Waals surface area contributed by atoms with Crippen molar-refractivity contribution in [3.05, 3.63) is 91.3 Å². The lowest BCUT2D eigenvalue weighted by molar-refractivity contribution is 0.306. The van der Waals surface area contributed by atoms with E-state index in [-0.39, 0.29) is 0 Å². The number of aryl methyl sites for hydroxylation is 1. The second kappa shape index (κ2) is 8.85. The fourth-order valence-corrected chi connectivity index (χ4v) is 3.16. The average molecular weight is 494 g/mol. The van der Waals surface area contributed by atoms with Crippen LogP contribution in [0.25, 0.3) is 0 Å². The third-order valence-electron chi connectivity index (χ3n) is 3.79. The van der Waals surface area contributed by atoms with Gasteiger partial charge in [0.15, 0.2) is 0 Å². The van der Waals surface area contributed by atoms with Crippen LogP contribution in [0.15, 0.2) is 74.6 Å². The Kier molecular flexibility index (Phi) is 6.52. The van der Waals surface area contributed by atoms with E-state index in [1.165, 1.54) is 0 Å². The summed E-state index contributed by atoms with van der Waals surface area (Å²) < 4.78 is 8.03. The summed E-state index contributed by atoms with van der Waals surface area (Å²) in [5.41, 5.74) is 3.91. The number of rotatable bonds is 5. The molecule has 0 N–H and O–H groups in total. The van der Waals surface area contributed by atoms with E-state index >= 15 is 0 Å². The molecule has 5 heteroatoms. The lowest BCUT2D eigenvalue weighted by Crippen LogP contribution is -1.98. The Morgan fingerprint density at radius 3 is 2.46 bits per heavy atom. The van der Waals surface area contributed by atoms with Crippen molar-refractivity contribution in [3.8, 4) is 5.75 Å². The van der Waals surface area contributed by atoms with Gasteiger partial charge in [0.25, 0.3) is 0 Å². The lowest BCUT2D eigenvalue weighted by Gasteiger charge is -2.10. The van der Waals surface area contributed by atoms with Gasteiger partial charge in [-0.2, -0.15) is 0 Å². The standard InChI is InChI=1S/C21H16Br2ClNO/c1-14-2-8-19(24)11-20(14)25-12-16-10-18(23)7-9-21(16)26-13-15-3-5-17(22)6-4-15/h2-12H,13H2,1H3. The number of aliphatic imine (C=N–C) groups is 1. The minimum Gasteiger partial charge on any atom is -0.488 e. The molecule has 0 saturated heterocycles. The van der Waals surface area contributed by atoms with Crippen molar-refractivity contribution in [3.63, 3.8) is 0 Å². The van der Waals surface area contributed by atoms with Gasteiger partial charge in [0.05, 0.1) is 5.69 Å². The highest BCUT2D eigenvalue weighted by Gasteiger charge is 2.05. The number of ether oxygens (including phenoxy) is 1. The minimum absolute atomic E-state index is 0.492. The molecule has 0 bridgehead atoms. The van der Waals surface area contributed by atoms with Crippen molar-refractivity contribution in [1.82, 2.24) is 0 Å². The molecular formula is C21H16Br2ClNO. The second-order valence-electron chi connectivity index (χ2n) is 5.79. The Labute approximate surface area is 175 Å². The van der Waals surface area contributed by atoms with Crippen LogP contribution in [-0.4, -0.2) is 6.21 Å². The van der Waals surface area contributed by atoms with Crippen molar-refractivity contribution in [2.75, 3.05) is 0 Å². The predicted molar refractivity (Wildman–Crippen MR) is 116 cm³/mol. The highest BCUT2D eigenvalue weighted by molar-refractivity contribution is 9.10. The largest absolute Gasteiger partial charge is 0.488 e. The van der Waals surface area contributed by atoms with Crippen LogP contribution in [0.5, 0.6) is 5.75 Å². The van der Waals surface area contributed by atoms with Crippen molar-refractivity contribution >= 4 is 55.4 Å². The van der Waals surface area contributed by atoms with Crippen molar-refractivity contribution < 1.29 is 4.74 Å². The predicted octanol–water partition coefficient (Wildman–Crippen LogP) is 7.50. The van der Waals surface area contributed by atoms with E-state index < -0.39 is 0 Å². The normalized spacial score (nSPS) is 11.1. The summed E-state index contributed by atoms with van der Waals surface area (Å²) in [6.07, 6.45) is 1.81. The van der Waals surface area contributed by atoms with Gasteiger partial charge in [-0.3, -0.25) is 4.99 Å². The smallest absolute Gasteiger partial charge is 0.128 e. The highest BCUT2D eigenvalue weighted by Crippen LogP contribution is 2.26. The second-order valence-corrected chi connectivity index (χ2v) is 8.05. The van der Waals surface area contributed by atoms with Crippen LogP contribution in [0.3, 0.4) is 0 Å². The number of benzene rings is 3. The topological polar surface area (TPSA) is 21.6 Å². The quantitative estimate of drug-likeness (QED) is 0.337. The highest BCUT2D eigenvalue weighted by atomic mass is 79.9. The van der Waals surface area contributed by atoms with Crippen LogP contribution in [0.2, 0.25) is 5.02 Å². The molecule has 0 aliphatic carbocycles. The molecule has 0 aliphatic rings. The molecule has 0 atom stereocenters. The lowest BCUT2D eigenvalue weighted by atomic mass is 10.2. The van der Waals surface area contributed by atoms with Gasteiger partial charge in [0.2, 0.25) is 0 Å². The van der Waals surface area contributed by atoms with E-state index in [0.717, 1.165) is 37.1 Å². The van der Waals surface area contributed by atoms with Gasteiger partial charge >= 0.3 is 0 Å². The first kappa shape index (κ1) is 19.2. The van der Waals surface area contributed by atoms with E-state index in [0.29, 0.717) is 11.6 Å². The van der Waals surface area contributed by atoms with Crippen LogP contribution >= 0.6 is 43.5 Å². The van der Waals surface area contributed by atoms with Gasteiger partial charge < -0.3 is 4.74 Å². The molecule has 3 rings (SSSR count). The number of hydrogen-bond acceptors (Lipinski definition) is 2. The maximum Gasteiger partial charge on any atom is 0.128 e. The van der Waals surface area contributed by atoms with Gasteiger partial charge in [0, 0.05) is 25.7 Å². The third-order valence-corrected chi connectivity index (χ3v) is 5.05. The molecule has 0 aliphatic heterocycles. The monoisotopic (exact) mass is 491 g/mol. The fourth-order valence-electron chi connectivity index (χ4n) is 2.35. The molecule has 0 unspecified atom stereocenters. The van der Waals surface area contributed by atoms with Gasteiger partial charge in [-0.25, -0.2) is 0 Å². The molecule has 26 heavy (non-hydrogen) atoms. The molecule has 0 radical (unpaired) electrons. The fraction of sp³-hybridized carbons (Fsp3) is 0.0952. The number of nitrogens with zero attached hydrogens (tertiary/aromatic N) is 1. The summed E-state index contributed by atoms with van der Waals surface area (Å²) in [6, 6.07) is 19.6. The first-order valence-electron chi connectivity index (χ1n) is 7.98. The maximum absolute atomic E-state index is 6.07. The Morgan fingerprint density at radius 1 is 0.962 bits per heavy atom. The average Bonchev–Trinajstić information content (AvgIpc) is 2.63. The Hall–Kier alpha value is -1.62. The Morgan fingerprint density at radius 2 is 1.69 bits per heavy atom. The molecular weight excluding hydrogens is 477 g/mol. The first-order valence-corrected chi connectivity index (χ1v) is 9.95. The van der Waals surface area contributed by atoms with Crippen LogP contribution in [0.1, 0.15) is 16.7 Å².